The van der Waals surface area contributed by atoms with Crippen molar-refractivity contribution in [1.29, 1.82) is 0 Å². The Morgan fingerprint density at radius 3 is 2.39 bits per heavy atom. The quantitative estimate of drug-likeness (QED) is 0.721. The molecule has 0 atom stereocenters. The zero-order chi connectivity index (χ0) is 21.8. The van der Waals surface area contributed by atoms with Gasteiger partial charge >= 0.3 is 0 Å². The third kappa shape index (κ3) is 4.97. The number of carbonyl (C=O) groups excluding carboxylic acids is 2. The van der Waals surface area contributed by atoms with E-state index < -0.39 is 10.0 Å². The second kappa shape index (κ2) is 9.21. The van der Waals surface area contributed by atoms with Crippen LogP contribution in [0.25, 0.3) is 0 Å². The van der Waals surface area contributed by atoms with E-state index in [1.807, 2.05) is 4.90 Å². The molecule has 2 aromatic rings. The van der Waals surface area contributed by atoms with Crippen molar-refractivity contribution in [1.82, 2.24) is 14.1 Å². The van der Waals surface area contributed by atoms with Gasteiger partial charge in [-0.15, -0.1) is 0 Å². The summed E-state index contributed by atoms with van der Waals surface area (Å²) in [6.07, 6.45) is 3.21. The van der Waals surface area contributed by atoms with Crippen LogP contribution in [0.3, 0.4) is 0 Å². The summed E-state index contributed by atoms with van der Waals surface area (Å²) in [7, 11) is -3.53. The monoisotopic (exact) mass is 446 g/mol. The van der Waals surface area contributed by atoms with Gasteiger partial charge in [-0.1, -0.05) is 6.07 Å². The Morgan fingerprint density at radius 1 is 0.968 bits per heavy atom. The van der Waals surface area contributed by atoms with Gasteiger partial charge in [0.1, 0.15) is 0 Å². The predicted molar refractivity (Wildman–Crippen MR) is 114 cm³/mol. The van der Waals surface area contributed by atoms with Crippen LogP contribution in [0.2, 0.25) is 0 Å². The molecule has 0 saturated carbocycles. The summed E-state index contributed by atoms with van der Waals surface area (Å²) in [5.74, 6) is -0.0541. The molecule has 0 radical (unpaired) electrons. The normalized spacial score (nSPS) is 18.3. The van der Waals surface area contributed by atoms with Gasteiger partial charge in [-0.25, -0.2) is 8.42 Å². The number of hydrogen-bond acceptors (Lipinski definition) is 6. The molecule has 2 aliphatic rings. The molecule has 1 N–H and O–H groups in total. The van der Waals surface area contributed by atoms with E-state index in [4.69, 9.17) is 4.42 Å². The van der Waals surface area contributed by atoms with E-state index in [1.54, 1.807) is 35.2 Å². The van der Waals surface area contributed by atoms with Gasteiger partial charge in [0.25, 0.3) is 5.91 Å². The van der Waals surface area contributed by atoms with Gasteiger partial charge in [-0.2, -0.15) is 4.31 Å². The van der Waals surface area contributed by atoms with Crippen molar-refractivity contribution in [3.8, 4) is 0 Å². The van der Waals surface area contributed by atoms with E-state index in [-0.39, 0.29) is 23.3 Å². The molecule has 3 heterocycles. The maximum absolute atomic E-state index is 12.7. The maximum atomic E-state index is 12.7. The molecule has 1 aromatic heterocycles. The molecule has 2 saturated heterocycles. The topological polar surface area (TPSA) is 103 Å². The van der Waals surface area contributed by atoms with Crippen LogP contribution in [0.1, 0.15) is 23.4 Å². The molecule has 10 heteroatoms. The zero-order valence-electron chi connectivity index (χ0n) is 17.2. The zero-order valence-corrected chi connectivity index (χ0v) is 18.0. The summed E-state index contributed by atoms with van der Waals surface area (Å²) in [6.45, 7) is 3.41. The third-order valence-electron chi connectivity index (χ3n) is 5.58. The fourth-order valence-electron chi connectivity index (χ4n) is 3.88. The number of benzene rings is 1. The fourth-order valence-corrected chi connectivity index (χ4v) is 5.44. The van der Waals surface area contributed by atoms with Gasteiger partial charge < -0.3 is 14.6 Å². The van der Waals surface area contributed by atoms with Crippen LogP contribution in [0.15, 0.2) is 52.0 Å². The highest BCUT2D eigenvalue weighted by atomic mass is 32.2. The number of hydrogen-bond donors (Lipinski definition) is 1. The van der Waals surface area contributed by atoms with Gasteiger partial charge in [0.05, 0.1) is 17.7 Å². The van der Waals surface area contributed by atoms with E-state index in [9.17, 15) is 18.0 Å². The highest BCUT2D eigenvalue weighted by Gasteiger charge is 2.28. The second-order valence-corrected chi connectivity index (χ2v) is 9.67. The van der Waals surface area contributed by atoms with Gasteiger partial charge in [0.2, 0.25) is 15.9 Å². The van der Waals surface area contributed by atoms with Crippen molar-refractivity contribution in [2.24, 2.45) is 0 Å². The van der Waals surface area contributed by atoms with Crippen LogP contribution < -0.4 is 5.32 Å². The molecule has 2 amide bonds. The number of amides is 2. The Bertz CT molecular complexity index is 1020. The Labute approximate surface area is 181 Å². The molecule has 0 aliphatic carbocycles. The molecule has 0 spiro atoms. The molecule has 0 bridgehead atoms. The van der Waals surface area contributed by atoms with E-state index in [0.29, 0.717) is 50.7 Å². The summed E-state index contributed by atoms with van der Waals surface area (Å²) in [4.78, 5) is 28.7. The number of carbonyl (C=O) groups is 2. The molecular formula is C21H26N4O5S. The molecule has 2 aliphatic heterocycles. The maximum Gasteiger partial charge on any atom is 0.289 e. The smallest absolute Gasteiger partial charge is 0.289 e. The molecule has 0 unspecified atom stereocenters. The molecular weight excluding hydrogens is 420 g/mol. The number of anilines is 1. The number of sulfonamides is 1. The first-order valence-electron chi connectivity index (χ1n) is 10.4. The summed E-state index contributed by atoms with van der Waals surface area (Å²) in [5.41, 5.74) is 0.455. The molecule has 9 nitrogen and oxygen atoms in total. The van der Waals surface area contributed by atoms with Crippen LogP contribution in [-0.2, 0) is 14.8 Å². The molecule has 2 fully saturated rings. The van der Waals surface area contributed by atoms with Crippen molar-refractivity contribution in [3.05, 3.63) is 48.4 Å². The number of furan rings is 1. The van der Waals surface area contributed by atoms with E-state index in [2.05, 4.69) is 5.32 Å². The van der Waals surface area contributed by atoms with Crippen molar-refractivity contribution < 1.29 is 22.4 Å². The first kappa shape index (κ1) is 21.5. The highest BCUT2D eigenvalue weighted by molar-refractivity contribution is 7.89. The first-order valence-corrected chi connectivity index (χ1v) is 11.8. The fraction of sp³-hybridized carbons (Fsp3) is 0.429. The van der Waals surface area contributed by atoms with E-state index >= 15 is 0 Å². The Balaban J connectivity index is 1.30. The lowest BCUT2D eigenvalue weighted by Gasteiger charge is -2.33. The number of nitrogens with zero attached hydrogens (tertiary/aromatic N) is 3. The third-order valence-corrected chi connectivity index (χ3v) is 7.47. The number of nitrogens with one attached hydrogen (secondary N) is 1. The highest BCUT2D eigenvalue weighted by Crippen LogP contribution is 2.23. The van der Waals surface area contributed by atoms with Crippen LogP contribution in [0.5, 0.6) is 0 Å². The molecule has 1 aromatic carbocycles. The van der Waals surface area contributed by atoms with Gasteiger partial charge in [0.15, 0.2) is 5.76 Å². The summed E-state index contributed by atoms with van der Waals surface area (Å²) in [6, 6.07) is 9.70. The lowest BCUT2D eigenvalue weighted by molar-refractivity contribution is -0.117. The minimum absolute atomic E-state index is 0.148. The first-order chi connectivity index (χ1) is 14.9. The molecule has 31 heavy (non-hydrogen) atoms. The largest absolute Gasteiger partial charge is 0.459 e. The standard InChI is InChI=1S/C21H26N4O5S/c26-20(16-23-10-12-24(13-11-23)21(27)19-7-4-14-30-19)22-17-5-3-6-18(15-17)31(28,29)25-8-1-2-9-25/h3-7,14-15H,1-2,8-13,16H2,(H,22,26). The minimum atomic E-state index is -3.53. The van der Waals surface area contributed by atoms with Crippen LogP contribution in [0.4, 0.5) is 5.69 Å². The Hall–Kier alpha value is -2.69. The second-order valence-electron chi connectivity index (χ2n) is 7.73. The lowest BCUT2D eigenvalue weighted by atomic mass is 10.2. The van der Waals surface area contributed by atoms with Gasteiger partial charge in [-0.05, 0) is 43.2 Å². The number of piperazine rings is 1. The molecule has 4 rings (SSSR count). The van der Waals surface area contributed by atoms with E-state index in [1.165, 1.54) is 16.6 Å². The van der Waals surface area contributed by atoms with Crippen molar-refractivity contribution in [2.75, 3.05) is 51.1 Å². The number of rotatable bonds is 6. The Morgan fingerprint density at radius 2 is 1.71 bits per heavy atom. The minimum Gasteiger partial charge on any atom is -0.459 e. The van der Waals surface area contributed by atoms with E-state index in [0.717, 1.165) is 12.8 Å². The van der Waals surface area contributed by atoms with Crippen LogP contribution in [0, 0.1) is 0 Å². The van der Waals surface area contributed by atoms with Crippen molar-refractivity contribution in [2.45, 2.75) is 17.7 Å². The van der Waals surface area contributed by atoms with Crippen LogP contribution >= 0.6 is 0 Å². The van der Waals surface area contributed by atoms with Crippen molar-refractivity contribution >= 4 is 27.5 Å². The summed E-state index contributed by atoms with van der Waals surface area (Å²) < 4.78 is 32.1. The van der Waals surface area contributed by atoms with Crippen LogP contribution in [-0.4, -0.2) is 80.2 Å². The van der Waals surface area contributed by atoms with Crippen molar-refractivity contribution in [3.63, 3.8) is 0 Å². The SMILES string of the molecule is O=C(CN1CCN(C(=O)c2ccco2)CC1)Nc1cccc(S(=O)(=O)N2CCCC2)c1. The predicted octanol–water partition coefficient (Wildman–Crippen LogP) is 1.46. The molecule has 166 valence electrons. The van der Waals surface area contributed by atoms with Gasteiger partial charge in [0, 0.05) is 45.0 Å². The summed E-state index contributed by atoms with van der Waals surface area (Å²) >= 11 is 0. The average Bonchev–Trinajstić information content (AvgIpc) is 3.48. The lowest BCUT2D eigenvalue weighted by Crippen LogP contribution is -2.50. The average molecular weight is 447 g/mol. The Kier molecular flexibility index (Phi) is 6.40. The van der Waals surface area contributed by atoms with Gasteiger partial charge in [-0.3, -0.25) is 14.5 Å². The summed E-state index contributed by atoms with van der Waals surface area (Å²) in [5, 5.41) is 2.79.